The third-order valence-corrected chi connectivity index (χ3v) is 3.91. The number of carbonyl (C=O) groups excluding carboxylic acids is 1. The number of nitrogens with one attached hydrogen (secondary N) is 1. The van der Waals surface area contributed by atoms with Crippen LogP contribution in [0.1, 0.15) is 64.0 Å². The van der Waals surface area contributed by atoms with Gasteiger partial charge in [0.05, 0.1) is 0 Å². The fourth-order valence-corrected chi connectivity index (χ4v) is 2.75. The number of rotatable bonds is 2. The predicted molar refractivity (Wildman–Crippen MR) is 80.1 cm³/mol. The minimum atomic E-state index is -0.445. The highest BCUT2D eigenvalue weighted by Gasteiger charge is 2.30. The standard InChI is InChI=1S/C15H26N4O2/c1-10-16-13(18-17-10)11-6-8-12(9-7-11)19(5)14(20)21-15(2,3)4/h11-12H,6-9H2,1-5H3,(H,16,17,18). The van der Waals surface area contributed by atoms with Gasteiger partial charge in [0.15, 0.2) is 5.82 Å². The van der Waals surface area contributed by atoms with Gasteiger partial charge in [-0.05, 0) is 53.4 Å². The minimum absolute atomic E-state index is 0.236. The number of H-pyrrole nitrogens is 1. The average Bonchev–Trinajstić information content (AvgIpc) is 2.83. The van der Waals surface area contributed by atoms with E-state index in [9.17, 15) is 4.79 Å². The molecular formula is C15H26N4O2. The highest BCUT2D eigenvalue weighted by molar-refractivity contribution is 5.68. The monoisotopic (exact) mass is 294 g/mol. The first kappa shape index (κ1) is 15.8. The van der Waals surface area contributed by atoms with Crippen LogP contribution in [0.15, 0.2) is 0 Å². The zero-order valence-corrected chi connectivity index (χ0v) is 13.6. The van der Waals surface area contributed by atoms with Gasteiger partial charge >= 0.3 is 6.09 Å². The van der Waals surface area contributed by atoms with E-state index in [0.717, 1.165) is 37.3 Å². The second-order valence-electron chi connectivity index (χ2n) is 6.88. The van der Waals surface area contributed by atoms with Gasteiger partial charge in [0.2, 0.25) is 0 Å². The van der Waals surface area contributed by atoms with Crippen LogP contribution in [-0.4, -0.2) is 44.9 Å². The lowest BCUT2D eigenvalue weighted by Gasteiger charge is -2.34. The smallest absolute Gasteiger partial charge is 0.410 e. The summed E-state index contributed by atoms with van der Waals surface area (Å²) in [5.74, 6) is 2.17. The third kappa shape index (κ3) is 4.19. The van der Waals surface area contributed by atoms with Crippen LogP contribution in [0.5, 0.6) is 0 Å². The number of aromatic nitrogens is 3. The molecule has 1 saturated carbocycles. The van der Waals surface area contributed by atoms with Gasteiger partial charge in [-0.25, -0.2) is 9.78 Å². The molecule has 1 amide bonds. The van der Waals surface area contributed by atoms with E-state index in [1.165, 1.54) is 0 Å². The molecule has 6 heteroatoms. The van der Waals surface area contributed by atoms with Crippen LogP contribution < -0.4 is 0 Å². The van der Waals surface area contributed by atoms with Crippen molar-refractivity contribution in [3.63, 3.8) is 0 Å². The van der Waals surface area contributed by atoms with E-state index in [1.54, 1.807) is 4.90 Å². The molecule has 6 nitrogen and oxygen atoms in total. The van der Waals surface area contributed by atoms with Gasteiger partial charge in [-0.2, -0.15) is 5.10 Å². The third-order valence-electron chi connectivity index (χ3n) is 3.91. The average molecular weight is 294 g/mol. The highest BCUT2D eigenvalue weighted by atomic mass is 16.6. The first-order valence-electron chi connectivity index (χ1n) is 7.61. The van der Waals surface area contributed by atoms with E-state index in [0.29, 0.717) is 5.92 Å². The zero-order chi connectivity index (χ0) is 15.6. The van der Waals surface area contributed by atoms with Crippen molar-refractivity contribution < 1.29 is 9.53 Å². The molecule has 0 spiro atoms. The summed E-state index contributed by atoms with van der Waals surface area (Å²) in [6.07, 6.45) is 3.71. The molecule has 1 aliphatic rings. The van der Waals surface area contributed by atoms with Gasteiger partial charge in [0, 0.05) is 19.0 Å². The normalized spacial score (nSPS) is 22.9. The summed E-state index contributed by atoms with van der Waals surface area (Å²) in [5, 5.41) is 7.15. The largest absolute Gasteiger partial charge is 0.444 e. The van der Waals surface area contributed by atoms with Gasteiger partial charge in [-0.15, -0.1) is 0 Å². The Labute approximate surface area is 126 Å². The lowest BCUT2D eigenvalue weighted by Crippen LogP contribution is -2.42. The number of aromatic amines is 1. The second kappa shape index (κ2) is 6.03. The van der Waals surface area contributed by atoms with Gasteiger partial charge in [-0.3, -0.25) is 5.10 Å². The Balaban J connectivity index is 1.87. The summed E-state index contributed by atoms with van der Waals surface area (Å²) in [7, 11) is 1.83. The Kier molecular flexibility index (Phi) is 4.54. The predicted octanol–water partition coefficient (Wildman–Crippen LogP) is 3.01. The van der Waals surface area contributed by atoms with Crippen LogP contribution in [0.3, 0.4) is 0 Å². The molecule has 0 saturated heterocycles. The fourth-order valence-electron chi connectivity index (χ4n) is 2.75. The van der Waals surface area contributed by atoms with E-state index in [1.807, 2.05) is 34.7 Å². The molecule has 0 aliphatic heterocycles. The molecule has 1 aromatic rings. The fraction of sp³-hybridized carbons (Fsp3) is 0.800. The molecule has 1 aliphatic carbocycles. The van der Waals surface area contributed by atoms with Crippen LogP contribution in [0, 0.1) is 6.92 Å². The summed E-state index contributed by atoms with van der Waals surface area (Å²) in [5.41, 5.74) is -0.445. The first-order chi connectivity index (χ1) is 9.76. The van der Waals surface area contributed by atoms with Crippen LogP contribution >= 0.6 is 0 Å². The molecule has 1 heterocycles. The maximum absolute atomic E-state index is 12.1. The maximum atomic E-state index is 12.1. The van der Waals surface area contributed by atoms with Crippen molar-refractivity contribution in [3.05, 3.63) is 11.6 Å². The molecule has 0 bridgehead atoms. The molecule has 21 heavy (non-hydrogen) atoms. The van der Waals surface area contributed by atoms with Gasteiger partial charge in [-0.1, -0.05) is 0 Å². The number of carbonyl (C=O) groups is 1. The van der Waals surface area contributed by atoms with Crippen molar-refractivity contribution in [2.24, 2.45) is 0 Å². The molecule has 118 valence electrons. The Morgan fingerprint density at radius 1 is 1.29 bits per heavy atom. The number of aryl methyl sites for hydroxylation is 1. The Morgan fingerprint density at radius 2 is 1.90 bits per heavy atom. The quantitative estimate of drug-likeness (QED) is 0.910. The van der Waals surface area contributed by atoms with Crippen molar-refractivity contribution in [1.82, 2.24) is 20.1 Å². The topological polar surface area (TPSA) is 71.1 Å². The molecule has 0 atom stereocenters. The van der Waals surface area contributed by atoms with Crippen molar-refractivity contribution >= 4 is 6.09 Å². The Bertz CT molecular complexity index is 484. The summed E-state index contributed by atoms with van der Waals surface area (Å²) in [6, 6.07) is 0.246. The Hall–Kier alpha value is -1.59. The van der Waals surface area contributed by atoms with Gasteiger partial charge in [0.1, 0.15) is 11.4 Å². The molecular weight excluding hydrogens is 268 g/mol. The van der Waals surface area contributed by atoms with E-state index in [-0.39, 0.29) is 12.1 Å². The van der Waals surface area contributed by atoms with Crippen molar-refractivity contribution in [1.29, 1.82) is 0 Å². The van der Waals surface area contributed by atoms with Crippen LogP contribution in [0.25, 0.3) is 0 Å². The molecule has 2 rings (SSSR count). The number of nitrogens with zero attached hydrogens (tertiary/aromatic N) is 3. The number of hydrogen-bond acceptors (Lipinski definition) is 4. The van der Waals surface area contributed by atoms with Crippen LogP contribution in [0.4, 0.5) is 4.79 Å². The molecule has 1 fully saturated rings. The molecule has 0 aromatic carbocycles. The van der Waals surface area contributed by atoms with Gasteiger partial charge in [0.25, 0.3) is 0 Å². The maximum Gasteiger partial charge on any atom is 0.410 e. The molecule has 0 unspecified atom stereocenters. The summed E-state index contributed by atoms with van der Waals surface area (Å²) in [4.78, 5) is 18.2. The van der Waals surface area contributed by atoms with E-state index < -0.39 is 5.60 Å². The lowest BCUT2D eigenvalue weighted by molar-refractivity contribution is 0.0182. The van der Waals surface area contributed by atoms with Crippen molar-refractivity contribution in [2.45, 2.75) is 70.9 Å². The lowest BCUT2D eigenvalue weighted by atomic mass is 9.85. The van der Waals surface area contributed by atoms with E-state index >= 15 is 0 Å². The first-order valence-corrected chi connectivity index (χ1v) is 7.61. The number of hydrogen-bond donors (Lipinski definition) is 1. The SMILES string of the molecule is Cc1nc(C2CCC(N(C)C(=O)OC(C)(C)C)CC2)n[nH]1. The number of ether oxygens (including phenoxy) is 1. The molecule has 1 N–H and O–H groups in total. The highest BCUT2D eigenvalue weighted by Crippen LogP contribution is 2.33. The molecule has 1 aromatic heterocycles. The Morgan fingerprint density at radius 3 is 2.38 bits per heavy atom. The zero-order valence-electron chi connectivity index (χ0n) is 13.6. The summed E-state index contributed by atoms with van der Waals surface area (Å²) in [6.45, 7) is 7.59. The summed E-state index contributed by atoms with van der Waals surface area (Å²) >= 11 is 0. The second-order valence-corrected chi connectivity index (χ2v) is 6.88. The van der Waals surface area contributed by atoms with Crippen molar-refractivity contribution in [3.8, 4) is 0 Å². The van der Waals surface area contributed by atoms with Gasteiger partial charge < -0.3 is 9.64 Å². The van der Waals surface area contributed by atoms with Crippen LogP contribution in [0.2, 0.25) is 0 Å². The van der Waals surface area contributed by atoms with E-state index in [2.05, 4.69) is 15.2 Å². The van der Waals surface area contributed by atoms with E-state index in [4.69, 9.17) is 4.74 Å². The molecule has 0 radical (unpaired) electrons. The van der Waals surface area contributed by atoms with Crippen molar-refractivity contribution in [2.75, 3.05) is 7.05 Å². The van der Waals surface area contributed by atoms with Crippen LogP contribution in [-0.2, 0) is 4.74 Å². The summed E-state index contributed by atoms with van der Waals surface area (Å²) < 4.78 is 5.42. The number of amides is 1. The minimum Gasteiger partial charge on any atom is -0.444 e.